The molecule has 1 N–H and O–H groups in total. The molecule has 0 aliphatic heterocycles. The molecule has 0 saturated carbocycles. The van der Waals surface area contributed by atoms with Crippen LogP contribution >= 0.6 is 0 Å². The number of nitrogens with zero attached hydrogens (tertiary/aromatic N) is 3. The molecule has 1 amide bonds. The van der Waals surface area contributed by atoms with Gasteiger partial charge in [0, 0.05) is 12.4 Å². The third-order valence-electron chi connectivity index (χ3n) is 3.60. The summed E-state index contributed by atoms with van der Waals surface area (Å²) in [6, 6.07) is 17.5. The van der Waals surface area contributed by atoms with Crippen molar-refractivity contribution in [2.24, 2.45) is 0 Å². The van der Waals surface area contributed by atoms with E-state index in [1.54, 1.807) is 24.4 Å². The van der Waals surface area contributed by atoms with E-state index < -0.39 is 11.9 Å². The Bertz CT molecular complexity index is 883. The number of carbonyl (C=O) groups is 2. The lowest BCUT2D eigenvalue weighted by molar-refractivity contribution is 0.0691. The quantitative estimate of drug-likeness (QED) is 0.776. The number of carboxylic acid groups (broad SMARTS) is 1. The average Bonchev–Trinajstić information content (AvgIpc) is 2.67. The Morgan fingerprint density at radius 2 is 1.60 bits per heavy atom. The number of hydrogen-bond donors (Lipinski definition) is 1. The molecule has 25 heavy (non-hydrogen) atoms. The number of rotatable bonds is 5. The van der Waals surface area contributed by atoms with Gasteiger partial charge in [0.2, 0.25) is 0 Å². The highest BCUT2D eigenvalue weighted by Crippen LogP contribution is 2.18. The Hall–Kier alpha value is -3.54. The van der Waals surface area contributed by atoms with Gasteiger partial charge in [0.25, 0.3) is 5.91 Å². The van der Waals surface area contributed by atoms with Gasteiger partial charge in [-0.05, 0) is 29.8 Å². The Balaban J connectivity index is 2.03. The monoisotopic (exact) mass is 333 g/mol. The number of carbonyl (C=O) groups excluding carboxylic acids is 1. The maximum Gasteiger partial charge on any atom is 0.338 e. The fourth-order valence-electron chi connectivity index (χ4n) is 2.41. The third kappa shape index (κ3) is 3.69. The largest absolute Gasteiger partial charge is 0.478 e. The van der Waals surface area contributed by atoms with Gasteiger partial charge in [-0.1, -0.05) is 36.4 Å². The average molecular weight is 333 g/mol. The Labute approximate surface area is 144 Å². The molecule has 0 saturated heterocycles. The fraction of sp³-hybridized carbons (Fsp3) is 0.0526. The van der Waals surface area contributed by atoms with E-state index in [4.69, 9.17) is 0 Å². The zero-order valence-electron chi connectivity index (χ0n) is 13.2. The molecule has 2 aromatic heterocycles. The standard InChI is InChI=1S/C19H15N3O3/c23-18(17-15(19(24)25)9-6-12-21-17)22(16-10-4-5-11-20-16)13-14-7-2-1-3-8-14/h1-12H,13H2,(H,24,25). The van der Waals surface area contributed by atoms with Crippen molar-refractivity contribution in [1.29, 1.82) is 0 Å². The highest BCUT2D eigenvalue weighted by Gasteiger charge is 2.25. The van der Waals surface area contributed by atoms with Crippen LogP contribution in [0.4, 0.5) is 5.82 Å². The topological polar surface area (TPSA) is 83.4 Å². The predicted octanol–water partition coefficient (Wildman–Crippen LogP) is 3.02. The molecule has 0 aliphatic rings. The maximum atomic E-state index is 13.0. The molecule has 6 heteroatoms. The maximum absolute atomic E-state index is 13.0. The molecule has 0 aliphatic carbocycles. The third-order valence-corrected chi connectivity index (χ3v) is 3.60. The summed E-state index contributed by atoms with van der Waals surface area (Å²) < 4.78 is 0. The number of hydrogen-bond acceptors (Lipinski definition) is 4. The van der Waals surface area contributed by atoms with Gasteiger partial charge in [-0.3, -0.25) is 14.7 Å². The SMILES string of the molecule is O=C(O)c1cccnc1C(=O)N(Cc1ccccc1)c1ccccn1. The van der Waals surface area contributed by atoms with Crippen LogP contribution in [-0.4, -0.2) is 27.0 Å². The van der Waals surface area contributed by atoms with Crippen molar-refractivity contribution >= 4 is 17.7 Å². The van der Waals surface area contributed by atoms with Crippen LogP contribution in [0.5, 0.6) is 0 Å². The molecule has 3 rings (SSSR count). The first-order chi connectivity index (χ1) is 12.2. The van der Waals surface area contributed by atoms with Gasteiger partial charge in [-0.2, -0.15) is 0 Å². The number of carboxylic acids is 1. The van der Waals surface area contributed by atoms with Crippen LogP contribution in [0.25, 0.3) is 0 Å². The summed E-state index contributed by atoms with van der Waals surface area (Å²) >= 11 is 0. The molecule has 2 heterocycles. The molecular formula is C19H15N3O3. The number of anilines is 1. The van der Waals surface area contributed by atoms with E-state index in [9.17, 15) is 14.7 Å². The van der Waals surface area contributed by atoms with Crippen LogP contribution in [0, 0.1) is 0 Å². The van der Waals surface area contributed by atoms with Gasteiger partial charge < -0.3 is 5.11 Å². The first kappa shape index (κ1) is 16.3. The molecule has 0 fully saturated rings. The van der Waals surface area contributed by atoms with Crippen LogP contribution in [0.1, 0.15) is 26.4 Å². The molecule has 0 bridgehead atoms. The molecule has 6 nitrogen and oxygen atoms in total. The normalized spacial score (nSPS) is 10.2. The number of aromatic carboxylic acids is 1. The summed E-state index contributed by atoms with van der Waals surface area (Å²) in [6.07, 6.45) is 2.98. The van der Waals surface area contributed by atoms with Crippen LogP contribution in [0.15, 0.2) is 73.1 Å². The minimum absolute atomic E-state index is 0.114. The van der Waals surface area contributed by atoms with Crippen LogP contribution < -0.4 is 4.90 Å². The van der Waals surface area contributed by atoms with Crippen molar-refractivity contribution in [2.75, 3.05) is 4.90 Å². The van der Waals surface area contributed by atoms with Gasteiger partial charge >= 0.3 is 5.97 Å². The van der Waals surface area contributed by atoms with Crippen molar-refractivity contribution in [3.05, 3.63) is 89.9 Å². The van der Waals surface area contributed by atoms with Gasteiger partial charge in [0.05, 0.1) is 12.1 Å². The lowest BCUT2D eigenvalue weighted by atomic mass is 10.1. The second-order valence-electron chi connectivity index (χ2n) is 5.27. The van der Waals surface area contributed by atoms with E-state index >= 15 is 0 Å². The van der Waals surface area contributed by atoms with Crippen molar-refractivity contribution < 1.29 is 14.7 Å². The zero-order valence-corrected chi connectivity index (χ0v) is 13.2. The van der Waals surface area contributed by atoms with Gasteiger partial charge in [-0.15, -0.1) is 0 Å². The van der Waals surface area contributed by atoms with Crippen LogP contribution in [0.3, 0.4) is 0 Å². The van der Waals surface area contributed by atoms with Crippen LogP contribution in [-0.2, 0) is 6.54 Å². The van der Waals surface area contributed by atoms with E-state index in [0.717, 1.165) is 5.56 Å². The van der Waals surface area contributed by atoms with E-state index in [1.165, 1.54) is 23.2 Å². The Morgan fingerprint density at radius 1 is 0.880 bits per heavy atom. The molecular weight excluding hydrogens is 318 g/mol. The lowest BCUT2D eigenvalue weighted by Gasteiger charge is -2.22. The second kappa shape index (κ2) is 7.35. The second-order valence-corrected chi connectivity index (χ2v) is 5.27. The summed E-state index contributed by atoms with van der Waals surface area (Å²) in [7, 11) is 0. The van der Waals surface area contributed by atoms with Crippen molar-refractivity contribution in [2.45, 2.75) is 6.54 Å². The number of pyridine rings is 2. The molecule has 3 aromatic rings. The van der Waals surface area contributed by atoms with E-state index in [1.807, 2.05) is 30.3 Å². The number of amides is 1. The fourth-order valence-corrected chi connectivity index (χ4v) is 2.41. The van der Waals surface area contributed by atoms with Gasteiger partial charge in [0.1, 0.15) is 11.5 Å². The molecule has 0 spiro atoms. The van der Waals surface area contributed by atoms with Crippen molar-refractivity contribution in [3.63, 3.8) is 0 Å². The Morgan fingerprint density at radius 3 is 2.28 bits per heavy atom. The highest BCUT2D eigenvalue weighted by molar-refractivity contribution is 6.10. The summed E-state index contributed by atoms with van der Waals surface area (Å²) in [6.45, 7) is 0.256. The summed E-state index contributed by atoms with van der Waals surface area (Å²) in [5.74, 6) is -1.28. The molecule has 0 unspecified atom stereocenters. The predicted molar refractivity (Wildman–Crippen MR) is 92.4 cm³/mol. The Kier molecular flexibility index (Phi) is 4.80. The minimum Gasteiger partial charge on any atom is -0.478 e. The van der Waals surface area contributed by atoms with Gasteiger partial charge in [-0.25, -0.2) is 9.78 Å². The molecule has 0 atom stereocenters. The summed E-state index contributed by atoms with van der Waals surface area (Å²) in [4.78, 5) is 34.1. The summed E-state index contributed by atoms with van der Waals surface area (Å²) in [5.41, 5.74) is 0.646. The molecule has 124 valence electrons. The molecule has 1 aromatic carbocycles. The van der Waals surface area contributed by atoms with E-state index in [2.05, 4.69) is 9.97 Å². The summed E-state index contributed by atoms with van der Waals surface area (Å²) in [5, 5.41) is 9.33. The molecule has 0 radical (unpaired) electrons. The first-order valence-electron chi connectivity index (χ1n) is 7.62. The van der Waals surface area contributed by atoms with Crippen molar-refractivity contribution in [3.8, 4) is 0 Å². The number of aromatic nitrogens is 2. The van der Waals surface area contributed by atoms with Crippen LogP contribution in [0.2, 0.25) is 0 Å². The highest BCUT2D eigenvalue weighted by atomic mass is 16.4. The van der Waals surface area contributed by atoms with Gasteiger partial charge in [0.15, 0.2) is 0 Å². The lowest BCUT2D eigenvalue weighted by Crippen LogP contribution is -2.33. The smallest absolute Gasteiger partial charge is 0.338 e. The number of benzene rings is 1. The van der Waals surface area contributed by atoms with E-state index in [-0.39, 0.29) is 17.8 Å². The zero-order chi connectivity index (χ0) is 17.6. The van der Waals surface area contributed by atoms with Crippen molar-refractivity contribution in [1.82, 2.24) is 9.97 Å². The minimum atomic E-state index is -1.20. The first-order valence-corrected chi connectivity index (χ1v) is 7.62. The van der Waals surface area contributed by atoms with E-state index in [0.29, 0.717) is 5.82 Å².